The first-order valence-corrected chi connectivity index (χ1v) is 8.82. The maximum absolute atomic E-state index is 3.74. The predicted octanol–water partition coefficient (Wildman–Crippen LogP) is 3.54. The molecule has 1 N–H and O–H groups in total. The largest absolute Gasteiger partial charge is 0.311 e. The molecular weight excluding hydrogens is 276 g/mol. The lowest BCUT2D eigenvalue weighted by Crippen LogP contribution is -2.56. The molecule has 1 aromatic heterocycles. The van der Waals surface area contributed by atoms with E-state index >= 15 is 0 Å². The van der Waals surface area contributed by atoms with Crippen LogP contribution in [-0.4, -0.2) is 30.1 Å². The fraction of sp³-hybridized carbons (Fsp3) is 0.444. The van der Waals surface area contributed by atoms with Crippen molar-refractivity contribution in [2.45, 2.75) is 38.4 Å². The fourth-order valence-corrected chi connectivity index (χ4v) is 3.84. The Balaban J connectivity index is 1.63. The second kappa shape index (κ2) is 7.21. The molecule has 1 saturated heterocycles. The molecule has 2 unspecified atom stereocenters. The van der Waals surface area contributed by atoms with Crippen LogP contribution < -0.4 is 5.32 Å². The highest BCUT2D eigenvalue weighted by molar-refractivity contribution is 7.07. The molecule has 21 heavy (non-hydrogen) atoms. The van der Waals surface area contributed by atoms with Crippen molar-refractivity contribution < 1.29 is 0 Å². The van der Waals surface area contributed by atoms with Gasteiger partial charge in [0, 0.05) is 31.7 Å². The molecule has 0 radical (unpaired) electrons. The lowest BCUT2D eigenvalue weighted by Gasteiger charge is -2.40. The summed E-state index contributed by atoms with van der Waals surface area (Å²) in [5, 5.41) is 8.20. The molecule has 0 aliphatic carbocycles. The van der Waals surface area contributed by atoms with E-state index in [1.54, 1.807) is 11.3 Å². The summed E-state index contributed by atoms with van der Waals surface area (Å²) in [6.45, 7) is 5.64. The molecule has 2 nitrogen and oxygen atoms in total. The molecule has 2 aromatic rings. The van der Waals surface area contributed by atoms with E-state index in [2.05, 4.69) is 64.3 Å². The monoisotopic (exact) mass is 300 g/mol. The summed E-state index contributed by atoms with van der Waals surface area (Å²) in [4.78, 5) is 2.66. The molecule has 1 aliphatic heterocycles. The van der Waals surface area contributed by atoms with Crippen molar-refractivity contribution in [3.63, 3.8) is 0 Å². The highest BCUT2D eigenvalue weighted by Crippen LogP contribution is 2.18. The van der Waals surface area contributed by atoms with Gasteiger partial charge in [-0.2, -0.15) is 11.3 Å². The van der Waals surface area contributed by atoms with Crippen LogP contribution in [0.4, 0.5) is 0 Å². The minimum atomic E-state index is 0.564. The van der Waals surface area contributed by atoms with E-state index in [4.69, 9.17) is 0 Å². The molecule has 112 valence electrons. The smallest absolute Gasteiger partial charge is 0.0246 e. The van der Waals surface area contributed by atoms with Gasteiger partial charge in [0.25, 0.3) is 0 Å². The number of nitrogens with zero attached hydrogens (tertiary/aromatic N) is 1. The number of rotatable bonds is 5. The molecule has 0 amide bonds. The minimum absolute atomic E-state index is 0.564. The zero-order valence-corrected chi connectivity index (χ0v) is 13.5. The first kappa shape index (κ1) is 14.8. The number of benzene rings is 1. The van der Waals surface area contributed by atoms with Crippen molar-refractivity contribution in [2.75, 3.05) is 13.1 Å². The van der Waals surface area contributed by atoms with Crippen LogP contribution >= 0.6 is 11.3 Å². The van der Waals surface area contributed by atoms with Gasteiger partial charge in [0.2, 0.25) is 0 Å². The number of piperazine rings is 1. The molecule has 2 heterocycles. The molecule has 0 spiro atoms. The maximum atomic E-state index is 3.74. The van der Waals surface area contributed by atoms with E-state index in [1.165, 1.54) is 17.5 Å². The van der Waals surface area contributed by atoms with Crippen molar-refractivity contribution in [1.29, 1.82) is 0 Å². The second-order valence-corrected chi connectivity index (χ2v) is 6.70. The van der Waals surface area contributed by atoms with Crippen molar-refractivity contribution in [3.05, 3.63) is 58.3 Å². The van der Waals surface area contributed by atoms with Crippen LogP contribution in [0.15, 0.2) is 47.2 Å². The maximum Gasteiger partial charge on any atom is 0.0246 e. The molecule has 2 atom stereocenters. The van der Waals surface area contributed by atoms with Crippen LogP contribution in [0.2, 0.25) is 0 Å². The van der Waals surface area contributed by atoms with Crippen LogP contribution in [0.25, 0.3) is 0 Å². The van der Waals surface area contributed by atoms with Gasteiger partial charge in [-0.05, 0) is 40.8 Å². The Bertz CT molecular complexity index is 523. The summed E-state index contributed by atoms with van der Waals surface area (Å²) in [5.41, 5.74) is 2.89. The predicted molar refractivity (Wildman–Crippen MR) is 90.7 cm³/mol. The lowest BCUT2D eigenvalue weighted by atomic mass is 10.00. The zero-order valence-electron chi connectivity index (χ0n) is 12.7. The standard InChI is InChI=1S/C18H24N2S/c1-2-18-11-19-17(10-15-6-4-3-5-7-15)13-20(18)12-16-8-9-21-14-16/h3-9,14,17-19H,2,10-13H2,1H3. The van der Waals surface area contributed by atoms with Crippen LogP contribution in [0.5, 0.6) is 0 Å². The normalized spacial score (nSPS) is 23.3. The molecule has 3 rings (SSSR count). The second-order valence-electron chi connectivity index (χ2n) is 5.92. The topological polar surface area (TPSA) is 15.3 Å². The molecule has 0 saturated carbocycles. The first-order valence-electron chi connectivity index (χ1n) is 7.87. The van der Waals surface area contributed by atoms with Gasteiger partial charge >= 0.3 is 0 Å². The Morgan fingerprint density at radius 2 is 2.05 bits per heavy atom. The molecule has 0 bridgehead atoms. The number of thiophene rings is 1. The minimum Gasteiger partial charge on any atom is -0.311 e. The third-order valence-electron chi connectivity index (χ3n) is 4.38. The average Bonchev–Trinajstić information content (AvgIpc) is 3.02. The van der Waals surface area contributed by atoms with E-state index < -0.39 is 0 Å². The zero-order chi connectivity index (χ0) is 14.5. The molecular formula is C18H24N2S. The van der Waals surface area contributed by atoms with Crippen molar-refractivity contribution in [2.24, 2.45) is 0 Å². The Morgan fingerprint density at radius 1 is 1.19 bits per heavy atom. The van der Waals surface area contributed by atoms with E-state index in [9.17, 15) is 0 Å². The van der Waals surface area contributed by atoms with Gasteiger partial charge in [-0.1, -0.05) is 37.3 Å². The van der Waals surface area contributed by atoms with Gasteiger partial charge in [0.05, 0.1) is 0 Å². The first-order chi connectivity index (χ1) is 10.3. The molecule has 1 aromatic carbocycles. The van der Waals surface area contributed by atoms with Gasteiger partial charge in [-0.25, -0.2) is 0 Å². The van der Waals surface area contributed by atoms with E-state index in [0.29, 0.717) is 12.1 Å². The summed E-state index contributed by atoms with van der Waals surface area (Å²) in [6, 6.07) is 14.3. The third-order valence-corrected chi connectivity index (χ3v) is 5.11. The van der Waals surface area contributed by atoms with Gasteiger partial charge in [0.1, 0.15) is 0 Å². The van der Waals surface area contributed by atoms with Crippen LogP contribution in [0, 0.1) is 0 Å². The van der Waals surface area contributed by atoms with Crippen LogP contribution in [0.1, 0.15) is 24.5 Å². The third kappa shape index (κ3) is 3.94. The summed E-state index contributed by atoms with van der Waals surface area (Å²) < 4.78 is 0. The molecule has 3 heteroatoms. The lowest BCUT2D eigenvalue weighted by molar-refractivity contribution is 0.119. The quantitative estimate of drug-likeness (QED) is 0.908. The SMILES string of the molecule is CCC1CNC(Cc2ccccc2)CN1Cc1ccsc1. The van der Waals surface area contributed by atoms with Gasteiger partial charge < -0.3 is 5.32 Å². The van der Waals surface area contributed by atoms with Crippen LogP contribution in [0.3, 0.4) is 0 Å². The Labute approximate surface area is 131 Å². The van der Waals surface area contributed by atoms with E-state index in [1.807, 2.05) is 0 Å². The van der Waals surface area contributed by atoms with Gasteiger partial charge in [0.15, 0.2) is 0 Å². The Kier molecular flexibility index (Phi) is 5.07. The number of hydrogen-bond acceptors (Lipinski definition) is 3. The highest BCUT2D eigenvalue weighted by atomic mass is 32.1. The van der Waals surface area contributed by atoms with Gasteiger partial charge in [-0.15, -0.1) is 0 Å². The summed E-state index contributed by atoms with van der Waals surface area (Å²) in [5.74, 6) is 0. The van der Waals surface area contributed by atoms with Crippen molar-refractivity contribution in [1.82, 2.24) is 10.2 Å². The average molecular weight is 300 g/mol. The van der Waals surface area contributed by atoms with E-state index in [-0.39, 0.29) is 0 Å². The summed E-state index contributed by atoms with van der Waals surface area (Å²) >= 11 is 1.80. The molecule has 1 aliphatic rings. The Hall–Kier alpha value is -1.16. The number of nitrogens with one attached hydrogen (secondary N) is 1. The van der Waals surface area contributed by atoms with Crippen LogP contribution in [-0.2, 0) is 13.0 Å². The molecule has 1 fully saturated rings. The van der Waals surface area contributed by atoms with Crippen molar-refractivity contribution in [3.8, 4) is 0 Å². The Morgan fingerprint density at radius 3 is 2.76 bits per heavy atom. The van der Waals surface area contributed by atoms with Gasteiger partial charge in [-0.3, -0.25) is 4.90 Å². The highest BCUT2D eigenvalue weighted by Gasteiger charge is 2.26. The summed E-state index contributed by atoms with van der Waals surface area (Å²) in [6.07, 6.45) is 2.34. The van der Waals surface area contributed by atoms with Crippen molar-refractivity contribution >= 4 is 11.3 Å². The fourth-order valence-electron chi connectivity index (χ4n) is 3.18. The van der Waals surface area contributed by atoms with E-state index in [0.717, 1.165) is 26.1 Å². The number of hydrogen-bond donors (Lipinski definition) is 1. The summed E-state index contributed by atoms with van der Waals surface area (Å²) in [7, 11) is 0.